The monoisotopic (exact) mass is 604 g/mol. The average Bonchev–Trinajstić information content (AvgIpc) is 3.03. The van der Waals surface area contributed by atoms with Crippen LogP contribution in [0.15, 0.2) is 79.4 Å². The number of esters is 2. The quantitative estimate of drug-likeness (QED) is 0.0326. The summed E-state index contributed by atoms with van der Waals surface area (Å²) in [6.07, 6.45) is 7.07. The van der Waals surface area contributed by atoms with Gasteiger partial charge in [0.2, 0.25) is 6.79 Å². The smallest absolute Gasteiger partial charge is 0.343 e. The molecule has 0 N–H and O–H groups in total. The van der Waals surface area contributed by atoms with Crippen LogP contribution in [0.1, 0.15) is 73.1 Å². The second kappa shape index (κ2) is 18.7. The van der Waals surface area contributed by atoms with E-state index in [4.69, 9.17) is 28.4 Å². The first-order valence-corrected chi connectivity index (χ1v) is 14.8. The molecular weight excluding hydrogens is 564 g/mol. The van der Waals surface area contributed by atoms with Crippen LogP contribution in [-0.4, -0.2) is 44.3 Å². The molecule has 0 spiro atoms. The third-order valence-corrected chi connectivity index (χ3v) is 6.38. The van der Waals surface area contributed by atoms with Gasteiger partial charge in [-0.2, -0.15) is 0 Å². The maximum absolute atomic E-state index is 12.7. The van der Waals surface area contributed by atoms with Crippen molar-refractivity contribution in [1.29, 1.82) is 0 Å². The van der Waals surface area contributed by atoms with E-state index in [2.05, 4.69) is 13.5 Å². The van der Waals surface area contributed by atoms with Gasteiger partial charge in [-0.05, 0) is 92.9 Å². The van der Waals surface area contributed by atoms with Gasteiger partial charge in [-0.1, -0.05) is 32.8 Å². The Hall–Kier alpha value is -4.79. The van der Waals surface area contributed by atoms with E-state index in [0.717, 1.165) is 24.7 Å². The largest absolute Gasteiger partial charge is 0.494 e. The summed E-state index contributed by atoms with van der Waals surface area (Å²) in [6, 6.07) is 18.4. The van der Waals surface area contributed by atoms with Crippen LogP contribution in [0.3, 0.4) is 0 Å². The molecule has 0 saturated heterocycles. The minimum absolute atomic E-state index is 0.117. The molecule has 0 aliphatic heterocycles. The molecule has 0 aromatic heterocycles. The van der Waals surface area contributed by atoms with Crippen LogP contribution >= 0.6 is 0 Å². The van der Waals surface area contributed by atoms with Crippen molar-refractivity contribution in [3.63, 3.8) is 0 Å². The van der Waals surface area contributed by atoms with Crippen LogP contribution in [0.4, 0.5) is 0 Å². The second-order valence-electron chi connectivity index (χ2n) is 9.84. The van der Waals surface area contributed by atoms with Gasteiger partial charge in [0.05, 0.1) is 30.9 Å². The molecule has 0 unspecified atom stereocenters. The molecule has 3 aromatic carbocycles. The van der Waals surface area contributed by atoms with Crippen molar-refractivity contribution < 1.29 is 42.8 Å². The topological polar surface area (TPSA) is 107 Å². The Bertz CT molecular complexity index is 1350. The number of hydrogen-bond donors (Lipinski definition) is 0. The molecule has 9 heteroatoms. The number of hydrogen-bond acceptors (Lipinski definition) is 9. The lowest BCUT2D eigenvalue weighted by Gasteiger charge is -2.13. The lowest BCUT2D eigenvalue weighted by Crippen LogP contribution is -2.11. The summed E-state index contributed by atoms with van der Waals surface area (Å²) < 4.78 is 33.2. The van der Waals surface area contributed by atoms with Gasteiger partial charge in [0.25, 0.3) is 0 Å². The number of ketones is 1. The Kier molecular flexibility index (Phi) is 14.3. The minimum atomic E-state index is -0.583. The van der Waals surface area contributed by atoms with Crippen molar-refractivity contribution >= 4 is 17.7 Å². The van der Waals surface area contributed by atoms with E-state index in [1.807, 2.05) is 12.1 Å². The molecule has 9 nitrogen and oxygen atoms in total. The molecule has 3 aromatic rings. The number of rotatable bonds is 20. The van der Waals surface area contributed by atoms with Crippen LogP contribution in [0.2, 0.25) is 0 Å². The first-order valence-electron chi connectivity index (χ1n) is 14.8. The van der Waals surface area contributed by atoms with Crippen LogP contribution in [0.5, 0.6) is 28.7 Å². The average molecular weight is 605 g/mol. The zero-order chi connectivity index (χ0) is 31.6. The molecule has 3 rings (SSSR count). The summed E-state index contributed by atoms with van der Waals surface area (Å²) in [6.45, 7) is 8.23. The molecule has 0 fully saturated rings. The normalized spacial score (nSPS) is 10.4. The molecule has 0 amide bonds. The number of carbonyl (C=O) groups is 3. The highest BCUT2D eigenvalue weighted by atomic mass is 16.7. The first-order chi connectivity index (χ1) is 21.4. The maximum atomic E-state index is 12.7. The number of unbranched alkanes of at least 4 members (excludes halogenated alkanes) is 4. The van der Waals surface area contributed by atoms with Crippen molar-refractivity contribution in [3.05, 3.63) is 90.5 Å². The highest BCUT2D eigenvalue weighted by Gasteiger charge is 2.14. The number of carbonyl (C=O) groups excluding carboxylic acids is 3. The van der Waals surface area contributed by atoms with E-state index in [9.17, 15) is 14.4 Å². The molecule has 0 aliphatic rings. The molecule has 0 aliphatic carbocycles. The van der Waals surface area contributed by atoms with Crippen LogP contribution in [0, 0.1) is 0 Å². The maximum Gasteiger partial charge on any atom is 0.343 e. The summed E-state index contributed by atoms with van der Waals surface area (Å²) in [5.74, 6) is 1.20. The zero-order valence-corrected chi connectivity index (χ0v) is 25.4. The molecule has 0 saturated carbocycles. The van der Waals surface area contributed by atoms with Crippen molar-refractivity contribution in [2.75, 3.05) is 26.6 Å². The fraction of sp³-hybridized carbons (Fsp3) is 0.343. The molecule has 0 bridgehead atoms. The predicted molar refractivity (Wildman–Crippen MR) is 166 cm³/mol. The molecule has 44 heavy (non-hydrogen) atoms. The third kappa shape index (κ3) is 11.8. The highest BCUT2D eigenvalue weighted by molar-refractivity contribution is 5.97. The van der Waals surface area contributed by atoms with E-state index < -0.39 is 11.9 Å². The molecular formula is C35H40O9. The summed E-state index contributed by atoms with van der Waals surface area (Å²) in [5, 5.41) is 0. The zero-order valence-electron chi connectivity index (χ0n) is 25.4. The van der Waals surface area contributed by atoms with E-state index >= 15 is 0 Å². The van der Waals surface area contributed by atoms with E-state index in [1.54, 1.807) is 48.5 Å². The Labute approximate surface area is 258 Å². The lowest BCUT2D eigenvalue weighted by molar-refractivity contribution is -0.137. The van der Waals surface area contributed by atoms with Gasteiger partial charge in [0.1, 0.15) is 28.7 Å². The van der Waals surface area contributed by atoms with E-state index in [1.165, 1.54) is 25.8 Å². The van der Waals surface area contributed by atoms with Gasteiger partial charge in [-0.15, -0.1) is 0 Å². The fourth-order valence-electron chi connectivity index (χ4n) is 3.96. The van der Waals surface area contributed by atoms with Gasteiger partial charge in [-0.3, -0.25) is 4.79 Å². The summed E-state index contributed by atoms with van der Waals surface area (Å²) in [5.41, 5.74) is 0.577. The minimum Gasteiger partial charge on any atom is -0.494 e. The third-order valence-electron chi connectivity index (χ3n) is 6.38. The summed E-state index contributed by atoms with van der Waals surface area (Å²) >= 11 is 0. The van der Waals surface area contributed by atoms with E-state index in [0.29, 0.717) is 55.5 Å². The lowest BCUT2D eigenvalue weighted by atomic mass is 10.1. The van der Waals surface area contributed by atoms with Crippen molar-refractivity contribution in [2.24, 2.45) is 0 Å². The fourth-order valence-corrected chi connectivity index (χ4v) is 3.96. The van der Waals surface area contributed by atoms with Gasteiger partial charge >= 0.3 is 11.9 Å². The number of Topliss-reactive ketones (excluding diaryl/α,β-unsaturated/α-hetero) is 1. The summed E-state index contributed by atoms with van der Waals surface area (Å²) in [7, 11) is 0. The standard InChI is InChI=1S/C35H40O9/c1-4-6-7-8-21-39-29-15-17-30(18-16-29)42-25-43-33-20-19-31(24-32(33)26(3)36)44-35(38)27-11-13-28(14-12-27)40-22-9-10-23-41-34(37)5-2/h5,11-20,24H,2,4,6-10,21-23,25H2,1,3H3. The van der Waals surface area contributed by atoms with Gasteiger partial charge in [0, 0.05) is 6.08 Å². The second-order valence-corrected chi connectivity index (χ2v) is 9.84. The van der Waals surface area contributed by atoms with Gasteiger partial charge in [-0.25, -0.2) is 9.59 Å². The SMILES string of the molecule is C=CC(=O)OCCCCOc1ccc(C(=O)Oc2ccc(OCOc3ccc(OCCCCCC)cc3)c(C(C)=O)c2)cc1. The Morgan fingerprint density at radius 2 is 1.25 bits per heavy atom. The molecule has 0 heterocycles. The van der Waals surface area contributed by atoms with Gasteiger partial charge < -0.3 is 28.4 Å². The first kappa shape index (κ1) is 33.7. The van der Waals surface area contributed by atoms with E-state index in [-0.39, 0.29) is 23.9 Å². The van der Waals surface area contributed by atoms with Crippen molar-refractivity contribution in [1.82, 2.24) is 0 Å². The van der Waals surface area contributed by atoms with Crippen LogP contribution in [0.25, 0.3) is 0 Å². The predicted octanol–water partition coefficient (Wildman–Crippen LogP) is 7.37. The van der Waals surface area contributed by atoms with Gasteiger partial charge in [0.15, 0.2) is 5.78 Å². The number of benzene rings is 3. The Morgan fingerprint density at radius 1 is 0.682 bits per heavy atom. The van der Waals surface area contributed by atoms with Crippen LogP contribution < -0.4 is 23.7 Å². The van der Waals surface area contributed by atoms with Crippen molar-refractivity contribution in [3.8, 4) is 28.7 Å². The van der Waals surface area contributed by atoms with Crippen LogP contribution in [-0.2, 0) is 9.53 Å². The Morgan fingerprint density at radius 3 is 1.86 bits per heavy atom. The molecule has 234 valence electrons. The molecule has 0 atom stereocenters. The van der Waals surface area contributed by atoms with Crippen molar-refractivity contribution in [2.45, 2.75) is 52.4 Å². The summed E-state index contributed by atoms with van der Waals surface area (Å²) in [4.78, 5) is 36.0. The number of ether oxygens (including phenoxy) is 6. The molecule has 0 radical (unpaired) electrons. The Balaban J connectivity index is 1.45. The highest BCUT2D eigenvalue weighted by Crippen LogP contribution is 2.26.